The molecule has 2 rings (SSSR count). The van der Waals surface area contributed by atoms with Crippen molar-refractivity contribution in [2.75, 3.05) is 12.8 Å². The van der Waals surface area contributed by atoms with Crippen molar-refractivity contribution in [3.63, 3.8) is 0 Å². The summed E-state index contributed by atoms with van der Waals surface area (Å²) in [7, 11) is 1.53. The molecule has 5 N–H and O–H groups in total. The Morgan fingerprint density at radius 1 is 1.35 bits per heavy atom. The van der Waals surface area contributed by atoms with Crippen LogP contribution in [0.1, 0.15) is 36.2 Å². The van der Waals surface area contributed by atoms with E-state index in [2.05, 4.69) is 15.3 Å². The quantitative estimate of drug-likeness (QED) is 0.651. The number of hydrogen-bond donors (Lipinski definition) is 3. The van der Waals surface area contributed by atoms with Gasteiger partial charge in [-0.2, -0.15) is 0 Å². The van der Waals surface area contributed by atoms with E-state index in [-0.39, 0.29) is 11.6 Å². The normalized spacial score (nSPS) is 14.9. The Balaban J connectivity index is 0.000000202. The third-order valence-corrected chi connectivity index (χ3v) is 2.53. The van der Waals surface area contributed by atoms with Gasteiger partial charge in [0.25, 0.3) is 5.91 Å². The summed E-state index contributed by atoms with van der Waals surface area (Å²) in [5.41, 5.74) is 11.1. The monoisotopic (exact) mass is 237 g/mol. The second-order valence-electron chi connectivity index (χ2n) is 3.95. The molecule has 1 heterocycles. The van der Waals surface area contributed by atoms with Crippen molar-refractivity contribution in [2.45, 2.75) is 31.7 Å². The SMILES string of the molecule is CNC(=O)c1cnc(N)cn1.NC1CCCC1. The Morgan fingerprint density at radius 2 is 2.00 bits per heavy atom. The maximum atomic E-state index is 10.9. The topological polar surface area (TPSA) is 107 Å². The lowest BCUT2D eigenvalue weighted by Gasteiger charge is -1.96. The lowest BCUT2D eigenvalue weighted by atomic mass is 10.3. The van der Waals surface area contributed by atoms with E-state index in [0.717, 1.165) is 0 Å². The first-order valence-corrected chi connectivity index (χ1v) is 5.68. The summed E-state index contributed by atoms with van der Waals surface area (Å²) in [5, 5.41) is 2.42. The minimum atomic E-state index is -0.266. The fraction of sp³-hybridized carbons (Fsp3) is 0.545. The highest BCUT2D eigenvalue weighted by molar-refractivity contribution is 5.91. The molecule has 1 aromatic heterocycles. The van der Waals surface area contributed by atoms with Gasteiger partial charge in [-0.3, -0.25) is 4.79 Å². The molecule has 6 nitrogen and oxygen atoms in total. The van der Waals surface area contributed by atoms with E-state index in [0.29, 0.717) is 11.9 Å². The van der Waals surface area contributed by atoms with Crippen LogP contribution in [0.15, 0.2) is 12.4 Å². The smallest absolute Gasteiger partial charge is 0.271 e. The van der Waals surface area contributed by atoms with Crippen molar-refractivity contribution in [1.82, 2.24) is 15.3 Å². The third-order valence-electron chi connectivity index (χ3n) is 2.53. The van der Waals surface area contributed by atoms with Gasteiger partial charge in [-0.25, -0.2) is 9.97 Å². The molecule has 0 saturated heterocycles. The van der Waals surface area contributed by atoms with Gasteiger partial charge < -0.3 is 16.8 Å². The van der Waals surface area contributed by atoms with Crippen molar-refractivity contribution < 1.29 is 4.79 Å². The maximum Gasteiger partial charge on any atom is 0.271 e. The second-order valence-corrected chi connectivity index (χ2v) is 3.95. The molecule has 0 atom stereocenters. The predicted molar refractivity (Wildman–Crippen MR) is 66.3 cm³/mol. The molecule has 0 spiro atoms. The van der Waals surface area contributed by atoms with Gasteiger partial charge in [0.2, 0.25) is 0 Å². The molecule has 1 saturated carbocycles. The van der Waals surface area contributed by atoms with Crippen LogP contribution in [0.2, 0.25) is 0 Å². The Morgan fingerprint density at radius 3 is 2.35 bits per heavy atom. The van der Waals surface area contributed by atoms with Crippen molar-refractivity contribution in [3.05, 3.63) is 18.1 Å². The first-order chi connectivity index (χ1) is 8.13. The number of amides is 1. The van der Waals surface area contributed by atoms with Crippen LogP contribution in [0, 0.1) is 0 Å². The minimum Gasteiger partial charge on any atom is -0.382 e. The second kappa shape index (κ2) is 6.80. The predicted octanol–water partition coefficient (Wildman–Crippen LogP) is 0.306. The van der Waals surface area contributed by atoms with E-state index in [4.69, 9.17) is 11.5 Å². The van der Waals surface area contributed by atoms with Crippen molar-refractivity contribution in [3.8, 4) is 0 Å². The van der Waals surface area contributed by atoms with E-state index >= 15 is 0 Å². The molecule has 1 aliphatic rings. The van der Waals surface area contributed by atoms with Crippen LogP contribution in [-0.2, 0) is 0 Å². The first kappa shape index (κ1) is 13.4. The van der Waals surface area contributed by atoms with Crippen LogP contribution in [-0.4, -0.2) is 29.0 Å². The molecule has 0 aromatic carbocycles. The largest absolute Gasteiger partial charge is 0.382 e. The number of rotatable bonds is 1. The maximum absolute atomic E-state index is 10.9. The van der Waals surface area contributed by atoms with Gasteiger partial charge in [0.1, 0.15) is 11.5 Å². The zero-order valence-electron chi connectivity index (χ0n) is 10.0. The van der Waals surface area contributed by atoms with Crippen molar-refractivity contribution in [2.24, 2.45) is 5.73 Å². The molecule has 0 aliphatic heterocycles. The Labute approximate surface area is 101 Å². The number of anilines is 1. The fourth-order valence-corrected chi connectivity index (χ4v) is 1.54. The highest BCUT2D eigenvalue weighted by Gasteiger charge is 2.07. The number of nitrogen functional groups attached to an aromatic ring is 1. The van der Waals surface area contributed by atoms with E-state index in [1.165, 1.54) is 45.1 Å². The van der Waals surface area contributed by atoms with Crippen LogP contribution in [0.4, 0.5) is 5.82 Å². The highest BCUT2D eigenvalue weighted by atomic mass is 16.1. The third kappa shape index (κ3) is 4.78. The Bertz CT molecular complexity index is 345. The summed E-state index contributed by atoms with van der Waals surface area (Å²) in [6.45, 7) is 0. The summed E-state index contributed by atoms with van der Waals surface area (Å²) >= 11 is 0. The molecular formula is C11H19N5O. The number of aromatic nitrogens is 2. The zero-order chi connectivity index (χ0) is 12.7. The van der Waals surface area contributed by atoms with E-state index in [9.17, 15) is 4.79 Å². The summed E-state index contributed by atoms with van der Waals surface area (Å²) in [6, 6.07) is 0.546. The number of carbonyl (C=O) groups is 1. The minimum absolute atomic E-state index is 0.265. The number of carbonyl (C=O) groups excluding carboxylic acids is 1. The summed E-state index contributed by atoms with van der Waals surface area (Å²) in [4.78, 5) is 18.3. The van der Waals surface area contributed by atoms with Crippen LogP contribution in [0.3, 0.4) is 0 Å². The molecule has 94 valence electrons. The molecule has 6 heteroatoms. The molecule has 0 bridgehead atoms. The van der Waals surface area contributed by atoms with E-state index in [1.807, 2.05) is 0 Å². The van der Waals surface area contributed by atoms with Gasteiger partial charge in [0.15, 0.2) is 0 Å². The van der Waals surface area contributed by atoms with Gasteiger partial charge >= 0.3 is 0 Å². The molecule has 0 radical (unpaired) electrons. The highest BCUT2D eigenvalue weighted by Crippen LogP contribution is 2.14. The molecule has 1 aromatic rings. The number of nitrogens with one attached hydrogen (secondary N) is 1. The number of hydrogen-bond acceptors (Lipinski definition) is 5. The summed E-state index contributed by atoms with van der Waals surface area (Å²) < 4.78 is 0. The standard InChI is InChI=1S/C6H8N4O.C5H11N/c1-8-6(11)4-2-10-5(7)3-9-4;6-5-3-1-2-4-5/h2-3H,1H3,(H2,7,10)(H,8,11);5H,1-4,6H2. The number of nitrogens with two attached hydrogens (primary N) is 2. The van der Waals surface area contributed by atoms with Gasteiger partial charge in [0, 0.05) is 13.1 Å². The van der Waals surface area contributed by atoms with Gasteiger partial charge in [0.05, 0.1) is 12.4 Å². The van der Waals surface area contributed by atoms with Gasteiger partial charge in [-0.05, 0) is 12.8 Å². The lowest BCUT2D eigenvalue weighted by Crippen LogP contribution is -2.19. The zero-order valence-corrected chi connectivity index (χ0v) is 10.0. The van der Waals surface area contributed by atoms with Gasteiger partial charge in [-0.15, -0.1) is 0 Å². The first-order valence-electron chi connectivity index (χ1n) is 5.68. The average Bonchev–Trinajstić information content (AvgIpc) is 2.81. The van der Waals surface area contributed by atoms with Crippen LogP contribution >= 0.6 is 0 Å². The fourth-order valence-electron chi connectivity index (χ4n) is 1.54. The molecule has 1 fully saturated rings. The Kier molecular flexibility index (Phi) is 5.35. The van der Waals surface area contributed by atoms with E-state index < -0.39 is 0 Å². The molecule has 0 unspecified atom stereocenters. The lowest BCUT2D eigenvalue weighted by molar-refractivity contribution is 0.0958. The van der Waals surface area contributed by atoms with Crippen molar-refractivity contribution in [1.29, 1.82) is 0 Å². The molecule has 1 amide bonds. The number of nitrogens with zero attached hydrogens (tertiary/aromatic N) is 2. The summed E-state index contributed by atoms with van der Waals surface area (Å²) in [6.07, 6.45) is 7.92. The average molecular weight is 237 g/mol. The Hall–Kier alpha value is -1.69. The molecule has 17 heavy (non-hydrogen) atoms. The van der Waals surface area contributed by atoms with Crippen molar-refractivity contribution >= 4 is 11.7 Å². The molecule has 1 aliphatic carbocycles. The van der Waals surface area contributed by atoms with Crippen LogP contribution < -0.4 is 16.8 Å². The molecular weight excluding hydrogens is 218 g/mol. The van der Waals surface area contributed by atoms with Crippen LogP contribution in [0.25, 0.3) is 0 Å². The van der Waals surface area contributed by atoms with E-state index in [1.54, 1.807) is 0 Å². The van der Waals surface area contributed by atoms with Crippen LogP contribution in [0.5, 0.6) is 0 Å². The van der Waals surface area contributed by atoms with Gasteiger partial charge in [-0.1, -0.05) is 12.8 Å². The summed E-state index contributed by atoms with van der Waals surface area (Å²) in [5.74, 6) is 0.0372.